The quantitative estimate of drug-likeness (QED) is 0.183. The van der Waals surface area contributed by atoms with Crippen molar-refractivity contribution in [2.24, 2.45) is 14.1 Å². The number of nitrogens with one attached hydrogen (secondary N) is 1. The Morgan fingerprint density at radius 1 is 0.673 bits per heavy atom. The fourth-order valence-corrected chi connectivity index (χ4v) is 7.53. The summed E-state index contributed by atoms with van der Waals surface area (Å²) in [5, 5.41) is 7.66. The number of aromatic nitrogens is 4. The van der Waals surface area contributed by atoms with E-state index in [0.29, 0.717) is 27.2 Å². The molecule has 0 atom stereocenters. The van der Waals surface area contributed by atoms with Gasteiger partial charge in [-0.3, -0.25) is 0 Å². The third kappa shape index (κ3) is 6.04. The van der Waals surface area contributed by atoms with E-state index in [4.69, 9.17) is 43.6 Å². The molecule has 0 saturated carbocycles. The highest BCUT2D eigenvalue weighted by Crippen LogP contribution is 2.33. The zero-order valence-corrected chi connectivity index (χ0v) is 29.3. The van der Waals surface area contributed by atoms with Crippen LogP contribution < -0.4 is 10.2 Å². The first kappa shape index (κ1) is 31.8. The minimum atomic E-state index is 0.141. The van der Waals surface area contributed by atoms with Gasteiger partial charge in [-0.25, -0.2) is 0 Å². The first-order valence-corrected chi connectivity index (χ1v) is 17.3. The topological polar surface area (TPSA) is 77.2 Å². The number of oxazole rings is 2. The molecule has 8 nitrogen and oxygen atoms in total. The van der Waals surface area contributed by atoms with E-state index in [0.717, 1.165) is 50.1 Å². The lowest BCUT2D eigenvalue weighted by Gasteiger charge is -2.26. The third-order valence-corrected chi connectivity index (χ3v) is 10.1. The van der Waals surface area contributed by atoms with Gasteiger partial charge in [0.2, 0.25) is 0 Å². The molecule has 10 rings (SSSR count). The van der Waals surface area contributed by atoms with Crippen LogP contribution in [-0.4, -0.2) is 32.2 Å². The van der Waals surface area contributed by atoms with E-state index in [2.05, 4.69) is 91.9 Å². The lowest BCUT2D eigenvalue weighted by molar-refractivity contribution is 0.548. The van der Waals surface area contributed by atoms with E-state index in [1.807, 2.05) is 18.2 Å². The molecular weight excluding hydrogens is 679 g/mol. The van der Waals surface area contributed by atoms with Gasteiger partial charge in [0.1, 0.15) is 11.0 Å². The van der Waals surface area contributed by atoms with Crippen LogP contribution in [0, 0.1) is 0 Å². The highest BCUT2D eigenvalue weighted by Gasteiger charge is 2.25. The zero-order chi connectivity index (χ0) is 33.6. The van der Waals surface area contributed by atoms with Crippen LogP contribution in [0.2, 0.25) is 15.4 Å². The number of para-hydroxylation sites is 2. The van der Waals surface area contributed by atoms with Gasteiger partial charge in [0.05, 0.1) is 6.54 Å². The van der Waals surface area contributed by atoms with Crippen LogP contribution in [0.25, 0.3) is 44.0 Å². The molecule has 1 N–H and O–H groups in total. The standard InChI is InChI=1S/C19H16ClN3O.C12H14N2.C7H3Cl2NO/c1-22-16-5-3-2-4-13(16)14-8-9-23(11-17(14)22)19-21-15-10-12(20)6-7-18(15)24-19;1-14-11-5-3-2-4-9(11)10-6-7-13-8-12(10)14;8-4-1-2-6-5(3-4)10-7(9)11-6/h2-7,10H,8-9,11H2,1H3;2-5,13H,6-8H2,1H3;1-3H. The SMILES string of the molecule is Clc1ccc2oc(Cl)nc2c1.Cn1c2c(c3ccccc31)CCN(c1nc3cc(Cl)ccc3o1)C2.Cn1c2c(c3ccccc31)CCNC2. The van der Waals surface area contributed by atoms with E-state index in [1.165, 1.54) is 38.8 Å². The molecule has 0 fully saturated rings. The minimum Gasteiger partial charge on any atom is -0.428 e. The van der Waals surface area contributed by atoms with Gasteiger partial charge >= 0.3 is 0 Å². The normalized spacial score (nSPS) is 14.0. The van der Waals surface area contributed by atoms with Crippen molar-refractivity contribution in [1.29, 1.82) is 0 Å². The van der Waals surface area contributed by atoms with E-state index >= 15 is 0 Å². The molecule has 0 amide bonds. The molecule has 0 radical (unpaired) electrons. The van der Waals surface area contributed by atoms with Crippen LogP contribution in [0.3, 0.4) is 0 Å². The molecule has 2 aliphatic heterocycles. The van der Waals surface area contributed by atoms with Crippen LogP contribution in [0.15, 0.2) is 93.8 Å². The summed E-state index contributed by atoms with van der Waals surface area (Å²) in [6, 6.07) is 28.7. The average Bonchev–Trinajstić information content (AvgIpc) is 3.87. The third-order valence-electron chi connectivity index (χ3n) is 9.44. The minimum absolute atomic E-state index is 0.141. The Labute approximate surface area is 297 Å². The molecule has 11 heteroatoms. The number of rotatable bonds is 1. The van der Waals surface area contributed by atoms with Gasteiger partial charge < -0.3 is 28.2 Å². The van der Waals surface area contributed by atoms with Crippen molar-refractivity contribution in [3.63, 3.8) is 0 Å². The second kappa shape index (κ2) is 13.1. The van der Waals surface area contributed by atoms with Crippen molar-refractivity contribution in [1.82, 2.24) is 24.4 Å². The Morgan fingerprint density at radius 3 is 1.96 bits per heavy atom. The summed E-state index contributed by atoms with van der Waals surface area (Å²) in [6.45, 7) is 3.84. The van der Waals surface area contributed by atoms with Crippen molar-refractivity contribution in [2.45, 2.75) is 25.9 Å². The van der Waals surface area contributed by atoms with Crippen molar-refractivity contribution in [2.75, 3.05) is 18.0 Å². The van der Waals surface area contributed by atoms with Crippen LogP contribution in [0.1, 0.15) is 22.5 Å². The van der Waals surface area contributed by atoms with Crippen molar-refractivity contribution in [3.05, 3.63) is 123 Å². The van der Waals surface area contributed by atoms with Gasteiger partial charge in [0, 0.05) is 70.4 Å². The molecule has 248 valence electrons. The summed E-state index contributed by atoms with van der Waals surface area (Å²) < 4.78 is 15.6. The Balaban J connectivity index is 0.000000118. The maximum absolute atomic E-state index is 6.05. The number of benzene rings is 4. The van der Waals surface area contributed by atoms with Gasteiger partial charge in [-0.1, -0.05) is 59.6 Å². The van der Waals surface area contributed by atoms with Crippen molar-refractivity contribution >= 4 is 84.8 Å². The number of fused-ring (bicyclic) bond motifs is 8. The largest absolute Gasteiger partial charge is 0.428 e. The lowest BCUT2D eigenvalue weighted by atomic mass is 10.0. The molecule has 49 heavy (non-hydrogen) atoms. The predicted octanol–water partition coefficient (Wildman–Crippen LogP) is 9.49. The van der Waals surface area contributed by atoms with Crippen LogP contribution >= 0.6 is 34.8 Å². The Kier molecular flexibility index (Phi) is 8.49. The number of halogens is 3. The summed E-state index contributed by atoms with van der Waals surface area (Å²) in [6.07, 6.45) is 2.16. The highest BCUT2D eigenvalue weighted by molar-refractivity contribution is 6.31. The zero-order valence-electron chi connectivity index (χ0n) is 27.0. The monoisotopic (exact) mass is 710 g/mol. The molecular formula is C38H33Cl3N6O2. The number of nitrogens with zero attached hydrogens (tertiary/aromatic N) is 5. The van der Waals surface area contributed by atoms with E-state index in [9.17, 15) is 0 Å². The summed E-state index contributed by atoms with van der Waals surface area (Å²) in [7, 11) is 4.30. The second-order valence-electron chi connectivity index (χ2n) is 12.3. The molecule has 0 bridgehead atoms. The molecule has 0 aliphatic carbocycles. The Bertz CT molecular complexity index is 2470. The Morgan fingerprint density at radius 2 is 1.27 bits per heavy atom. The van der Waals surface area contributed by atoms with E-state index in [1.54, 1.807) is 23.8 Å². The van der Waals surface area contributed by atoms with E-state index in [-0.39, 0.29) is 5.35 Å². The maximum atomic E-state index is 6.05. The van der Waals surface area contributed by atoms with Gasteiger partial charge in [-0.2, -0.15) is 9.97 Å². The number of aryl methyl sites for hydroxylation is 2. The smallest absolute Gasteiger partial charge is 0.298 e. The summed E-state index contributed by atoms with van der Waals surface area (Å²) >= 11 is 17.3. The number of hydrogen-bond acceptors (Lipinski definition) is 6. The van der Waals surface area contributed by atoms with Crippen LogP contribution in [0.4, 0.5) is 6.01 Å². The summed E-state index contributed by atoms with van der Waals surface area (Å²) in [5.41, 5.74) is 11.3. The maximum Gasteiger partial charge on any atom is 0.298 e. The molecule has 2 aliphatic rings. The van der Waals surface area contributed by atoms with Crippen LogP contribution in [0.5, 0.6) is 0 Å². The summed E-state index contributed by atoms with van der Waals surface area (Å²) in [5.74, 6) is 0. The fraction of sp³-hybridized carbons (Fsp3) is 0.211. The second-order valence-corrected chi connectivity index (χ2v) is 13.5. The Hall–Kier alpha value is -4.47. The number of hydrogen-bond donors (Lipinski definition) is 1. The molecule has 0 spiro atoms. The molecule has 0 saturated heterocycles. The average molecular weight is 712 g/mol. The number of anilines is 1. The lowest BCUT2D eigenvalue weighted by Crippen LogP contribution is -2.31. The van der Waals surface area contributed by atoms with Gasteiger partial charge in [0.25, 0.3) is 11.4 Å². The predicted molar refractivity (Wildman–Crippen MR) is 199 cm³/mol. The summed E-state index contributed by atoms with van der Waals surface area (Å²) in [4.78, 5) is 10.7. The molecule has 4 aromatic heterocycles. The fourth-order valence-electron chi connectivity index (χ4n) is 7.02. The first-order chi connectivity index (χ1) is 23.8. The van der Waals surface area contributed by atoms with Crippen molar-refractivity contribution < 1.29 is 8.83 Å². The van der Waals surface area contributed by atoms with Gasteiger partial charge in [0.15, 0.2) is 11.2 Å². The molecule has 6 heterocycles. The van der Waals surface area contributed by atoms with Gasteiger partial charge in [-0.15, -0.1) is 0 Å². The first-order valence-electron chi connectivity index (χ1n) is 16.2. The highest BCUT2D eigenvalue weighted by atomic mass is 35.5. The van der Waals surface area contributed by atoms with Crippen molar-refractivity contribution in [3.8, 4) is 0 Å². The molecule has 4 aromatic carbocycles. The van der Waals surface area contributed by atoms with E-state index < -0.39 is 0 Å². The molecule has 8 aromatic rings. The molecule has 0 unspecified atom stereocenters. The van der Waals surface area contributed by atoms with Crippen LogP contribution in [-0.2, 0) is 40.0 Å². The van der Waals surface area contributed by atoms with Gasteiger partial charge in [-0.05, 0) is 90.6 Å².